The first-order chi connectivity index (χ1) is 4.88. The van der Waals surface area contributed by atoms with Gasteiger partial charge in [-0.15, -0.1) is 0 Å². The van der Waals surface area contributed by atoms with Crippen LogP contribution in [0.5, 0.6) is 0 Å². The zero-order valence-electron chi connectivity index (χ0n) is 6.51. The lowest BCUT2D eigenvalue weighted by Gasteiger charge is -2.16. The molecule has 2 heteroatoms. The second kappa shape index (κ2) is 3.40. The summed E-state index contributed by atoms with van der Waals surface area (Å²) >= 11 is 0. The first-order valence-corrected chi connectivity index (χ1v) is 3.80. The van der Waals surface area contributed by atoms with Gasteiger partial charge in [-0.1, -0.05) is 13.5 Å². The molecule has 0 fully saturated rings. The summed E-state index contributed by atoms with van der Waals surface area (Å²) in [4.78, 5) is 6.55. The Kier molecular flexibility index (Phi) is 2.49. The summed E-state index contributed by atoms with van der Waals surface area (Å²) in [5, 5.41) is 0. The first kappa shape index (κ1) is 7.32. The van der Waals surface area contributed by atoms with Crippen molar-refractivity contribution in [3.8, 4) is 0 Å². The molecule has 0 aromatic rings. The summed E-state index contributed by atoms with van der Waals surface area (Å²) < 4.78 is 0. The second-order valence-electron chi connectivity index (χ2n) is 2.43. The summed E-state index contributed by atoms with van der Waals surface area (Å²) in [6, 6.07) is 0. The van der Waals surface area contributed by atoms with E-state index in [1.807, 2.05) is 6.08 Å². The molecule has 10 heavy (non-hydrogen) atoms. The van der Waals surface area contributed by atoms with E-state index in [2.05, 4.69) is 23.4 Å². The third-order valence-corrected chi connectivity index (χ3v) is 1.64. The predicted octanol–water partition coefficient (Wildman–Crippen LogP) is 1.30. The minimum atomic E-state index is 0.946. The molecule has 0 unspecified atom stereocenters. The van der Waals surface area contributed by atoms with Crippen molar-refractivity contribution in [3.63, 3.8) is 0 Å². The zero-order valence-corrected chi connectivity index (χ0v) is 6.51. The average molecular weight is 138 g/mol. The van der Waals surface area contributed by atoms with Crippen molar-refractivity contribution in [3.05, 3.63) is 12.7 Å². The van der Waals surface area contributed by atoms with Crippen LogP contribution >= 0.6 is 0 Å². The number of aliphatic imine (C=N–C) groups is 1. The molecule has 0 aromatic carbocycles. The number of amidine groups is 1. The second-order valence-corrected chi connectivity index (χ2v) is 2.43. The molecule has 1 heterocycles. The highest BCUT2D eigenvalue weighted by atomic mass is 15.2. The molecule has 2 nitrogen and oxygen atoms in total. The Morgan fingerprint density at radius 1 is 1.80 bits per heavy atom. The van der Waals surface area contributed by atoms with Gasteiger partial charge in [-0.05, 0) is 12.5 Å². The maximum Gasteiger partial charge on any atom is 0.122 e. The van der Waals surface area contributed by atoms with Gasteiger partial charge in [-0.2, -0.15) is 0 Å². The molecular weight excluding hydrogens is 124 g/mol. The Morgan fingerprint density at radius 2 is 2.60 bits per heavy atom. The van der Waals surface area contributed by atoms with E-state index in [4.69, 9.17) is 0 Å². The van der Waals surface area contributed by atoms with Crippen molar-refractivity contribution in [1.82, 2.24) is 4.90 Å². The minimum absolute atomic E-state index is 0.946. The standard InChI is InChI=1S/C8H14N2/c1-3-6-10-7-5-9-8(10)4-2/h4H,2-3,5-7H2,1H3. The van der Waals surface area contributed by atoms with Crippen LogP contribution in [0.2, 0.25) is 0 Å². The molecule has 1 aliphatic rings. The van der Waals surface area contributed by atoms with Gasteiger partial charge in [-0.3, -0.25) is 4.99 Å². The quantitative estimate of drug-likeness (QED) is 0.574. The van der Waals surface area contributed by atoms with E-state index in [0.717, 1.165) is 25.5 Å². The molecule has 0 spiro atoms. The normalized spacial score (nSPS) is 17.3. The molecule has 0 saturated heterocycles. The lowest BCUT2D eigenvalue weighted by molar-refractivity contribution is 0.457. The fourth-order valence-electron chi connectivity index (χ4n) is 1.19. The largest absolute Gasteiger partial charge is 0.355 e. The van der Waals surface area contributed by atoms with E-state index in [1.54, 1.807) is 0 Å². The SMILES string of the molecule is C=CC1=NCCN1CCC. The van der Waals surface area contributed by atoms with Crippen LogP contribution in [0.1, 0.15) is 13.3 Å². The Hall–Kier alpha value is -0.790. The first-order valence-electron chi connectivity index (χ1n) is 3.80. The molecule has 0 aliphatic carbocycles. The number of hydrogen-bond donors (Lipinski definition) is 0. The van der Waals surface area contributed by atoms with E-state index in [1.165, 1.54) is 6.42 Å². The Morgan fingerprint density at radius 3 is 3.20 bits per heavy atom. The van der Waals surface area contributed by atoms with Crippen LogP contribution in [-0.4, -0.2) is 30.4 Å². The van der Waals surface area contributed by atoms with Crippen molar-refractivity contribution in [2.24, 2.45) is 4.99 Å². The maximum atomic E-state index is 4.28. The lowest BCUT2D eigenvalue weighted by atomic mass is 10.4. The van der Waals surface area contributed by atoms with Crippen LogP contribution in [0.25, 0.3) is 0 Å². The zero-order chi connectivity index (χ0) is 7.40. The Balaban J connectivity index is 2.45. The van der Waals surface area contributed by atoms with Crippen LogP contribution in [-0.2, 0) is 0 Å². The Bertz CT molecular complexity index is 149. The summed E-state index contributed by atoms with van der Waals surface area (Å²) in [6.45, 7) is 9.02. The molecule has 0 amide bonds. The van der Waals surface area contributed by atoms with Gasteiger partial charge in [0.15, 0.2) is 0 Å². The monoisotopic (exact) mass is 138 g/mol. The van der Waals surface area contributed by atoms with Crippen LogP contribution in [0.4, 0.5) is 0 Å². The fraction of sp³-hybridized carbons (Fsp3) is 0.625. The van der Waals surface area contributed by atoms with Crippen molar-refractivity contribution in [2.75, 3.05) is 19.6 Å². The van der Waals surface area contributed by atoms with Gasteiger partial charge in [-0.25, -0.2) is 0 Å². The molecule has 1 aliphatic heterocycles. The smallest absolute Gasteiger partial charge is 0.122 e. The molecule has 0 bridgehead atoms. The highest BCUT2D eigenvalue weighted by Crippen LogP contribution is 2.02. The third kappa shape index (κ3) is 1.38. The van der Waals surface area contributed by atoms with Gasteiger partial charge in [0.1, 0.15) is 5.84 Å². The van der Waals surface area contributed by atoms with Gasteiger partial charge in [0.2, 0.25) is 0 Å². The van der Waals surface area contributed by atoms with Gasteiger partial charge in [0.25, 0.3) is 0 Å². The van der Waals surface area contributed by atoms with Crippen molar-refractivity contribution < 1.29 is 0 Å². The maximum absolute atomic E-state index is 4.28. The highest BCUT2D eigenvalue weighted by Gasteiger charge is 2.11. The lowest BCUT2D eigenvalue weighted by Crippen LogP contribution is -2.26. The highest BCUT2D eigenvalue weighted by molar-refractivity contribution is 5.93. The summed E-state index contributed by atoms with van der Waals surface area (Å²) in [7, 11) is 0. The fourth-order valence-corrected chi connectivity index (χ4v) is 1.19. The van der Waals surface area contributed by atoms with Gasteiger partial charge < -0.3 is 4.90 Å². The third-order valence-electron chi connectivity index (χ3n) is 1.64. The Labute approximate surface area is 62.3 Å². The molecule has 0 N–H and O–H groups in total. The van der Waals surface area contributed by atoms with E-state index < -0.39 is 0 Å². The van der Waals surface area contributed by atoms with Crippen LogP contribution < -0.4 is 0 Å². The topological polar surface area (TPSA) is 15.6 Å². The van der Waals surface area contributed by atoms with Crippen LogP contribution in [0, 0.1) is 0 Å². The van der Waals surface area contributed by atoms with Crippen molar-refractivity contribution in [1.29, 1.82) is 0 Å². The summed E-state index contributed by atoms with van der Waals surface area (Å²) in [5.74, 6) is 1.07. The molecule has 56 valence electrons. The van der Waals surface area contributed by atoms with Gasteiger partial charge in [0.05, 0.1) is 6.54 Å². The van der Waals surface area contributed by atoms with Crippen molar-refractivity contribution >= 4 is 5.84 Å². The number of rotatable bonds is 3. The number of hydrogen-bond acceptors (Lipinski definition) is 2. The van der Waals surface area contributed by atoms with E-state index in [0.29, 0.717) is 0 Å². The number of nitrogens with zero attached hydrogens (tertiary/aromatic N) is 2. The molecule has 0 atom stereocenters. The summed E-state index contributed by atoms with van der Waals surface area (Å²) in [6.07, 6.45) is 3.02. The molecule has 0 aromatic heterocycles. The molecule has 0 saturated carbocycles. The molecular formula is C8H14N2. The van der Waals surface area contributed by atoms with Gasteiger partial charge >= 0.3 is 0 Å². The average Bonchev–Trinajstić information content (AvgIpc) is 2.36. The van der Waals surface area contributed by atoms with E-state index in [-0.39, 0.29) is 0 Å². The van der Waals surface area contributed by atoms with Crippen LogP contribution in [0.15, 0.2) is 17.6 Å². The van der Waals surface area contributed by atoms with Crippen LogP contribution in [0.3, 0.4) is 0 Å². The summed E-state index contributed by atoms with van der Waals surface area (Å²) in [5.41, 5.74) is 0. The van der Waals surface area contributed by atoms with E-state index >= 15 is 0 Å². The molecule has 0 radical (unpaired) electrons. The minimum Gasteiger partial charge on any atom is -0.355 e. The molecule has 1 rings (SSSR count). The van der Waals surface area contributed by atoms with E-state index in [9.17, 15) is 0 Å². The van der Waals surface area contributed by atoms with Gasteiger partial charge in [0, 0.05) is 13.1 Å². The van der Waals surface area contributed by atoms with Crippen molar-refractivity contribution in [2.45, 2.75) is 13.3 Å². The predicted molar refractivity (Wildman–Crippen MR) is 44.4 cm³/mol.